The summed E-state index contributed by atoms with van der Waals surface area (Å²) >= 11 is 7.88. The summed E-state index contributed by atoms with van der Waals surface area (Å²) in [5, 5.41) is 3.29. The number of aryl methyl sites for hydroxylation is 1. The molecule has 0 aliphatic heterocycles. The zero-order chi connectivity index (χ0) is 16.7. The van der Waals surface area contributed by atoms with Crippen LogP contribution in [0.2, 0.25) is 5.02 Å². The summed E-state index contributed by atoms with van der Waals surface area (Å²) in [6, 6.07) is 13.6. The van der Waals surface area contributed by atoms with E-state index in [9.17, 15) is 4.79 Å². The molecule has 0 saturated heterocycles. The molecule has 0 aromatic heterocycles. The number of hydrogen-bond donors (Lipinski definition) is 1. The van der Waals surface area contributed by atoms with Crippen molar-refractivity contribution < 1.29 is 9.53 Å². The molecule has 0 spiro atoms. The number of carbonyl (C=O) groups excluding carboxylic acids is 1. The highest BCUT2D eigenvalue weighted by Gasteiger charge is 2.15. The zero-order valence-corrected chi connectivity index (χ0v) is 14.8. The summed E-state index contributed by atoms with van der Waals surface area (Å²) in [6.45, 7) is 2.68. The Morgan fingerprint density at radius 3 is 2.78 bits per heavy atom. The molecule has 0 aliphatic carbocycles. The third-order valence-corrected chi connectivity index (χ3v) is 4.65. The Morgan fingerprint density at radius 2 is 2.04 bits per heavy atom. The Hall–Kier alpha value is -1.65. The van der Waals surface area contributed by atoms with Crippen molar-refractivity contribution in [2.24, 2.45) is 0 Å². The second-order valence-corrected chi connectivity index (χ2v) is 6.63. The molecule has 0 atom stereocenters. The molecular formula is C18H20ClNO2S. The standard InChI is InChI=1S/C18H20ClNO2S/c1-13-5-3-6-14(11-13)12-23-10-9-20-18(21)17-15(19)7-4-8-16(17)22-2/h3-8,11H,9-10,12H2,1-2H3,(H,20,21). The molecule has 5 heteroatoms. The number of benzene rings is 2. The van der Waals surface area contributed by atoms with Gasteiger partial charge >= 0.3 is 0 Å². The Balaban J connectivity index is 1.79. The molecule has 2 aromatic carbocycles. The molecule has 1 amide bonds. The van der Waals surface area contributed by atoms with Crippen LogP contribution in [-0.4, -0.2) is 25.3 Å². The molecule has 23 heavy (non-hydrogen) atoms. The van der Waals surface area contributed by atoms with Gasteiger partial charge in [0.05, 0.1) is 17.7 Å². The third kappa shape index (κ3) is 5.19. The molecule has 0 saturated carbocycles. The molecule has 0 bridgehead atoms. The SMILES string of the molecule is COc1cccc(Cl)c1C(=O)NCCSCc1cccc(C)c1. The van der Waals surface area contributed by atoms with Crippen LogP contribution in [0.1, 0.15) is 21.5 Å². The smallest absolute Gasteiger partial charge is 0.256 e. The molecule has 122 valence electrons. The van der Waals surface area contributed by atoms with Crippen LogP contribution in [0.25, 0.3) is 0 Å². The van der Waals surface area contributed by atoms with Crippen LogP contribution in [0.4, 0.5) is 0 Å². The van der Waals surface area contributed by atoms with Crippen LogP contribution in [0.3, 0.4) is 0 Å². The lowest BCUT2D eigenvalue weighted by Crippen LogP contribution is -2.26. The van der Waals surface area contributed by atoms with Gasteiger partial charge in [-0.05, 0) is 24.6 Å². The van der Waals surface area contributed by atoms with Gasteiger partial charge in [-0.2, -0.15) is 11.8 Å². The Bertz CT molecular complexity index is 676. The first-order valence-corrected chi connectivity index (χ1v) is 8.89. The first-order chi connectivity index (χ1) is 11.1. The number of halogens is 1. The average Bonchev–Trinajstić information content (AvgIpc) is 2.54. The van der Waals surface area contributed by atoms with Gasteiger partial charge in [0.2, 0.25) is 0 Å². The van der Waals surface area contributed by atoms with Crippen LogP contribution in [0, 0.1) is 6.92 Å². The predicted molar refractivity (Wildman–Crippen MR) is 97.7 cm³/mol. The molecule has 0 unspecified atom stereocenters. The monoisotopic (exact) mass is 349 g/mol. The van der Waals surface area contributed by atoms with Crippen molar-refractivity contribution in [1.82, 2.24) is 5.32 Å². The van der Waals surface area contributed by atoms with Gasteiger partial charge in [0.25, 0.3) is 5.91 Å². The first kappa shape index (κ1) is 17.7. The number of methoxy groups -OCH3 is 1. The van der Waals surface area contributed by atoms with Gasteiger partial charge in [-0.1, -0.05) is 47.5 Å². The van der Waals surface area contributed by atoms with E-state index in [-0.39, 0.29) is 5.91 Å². The lowest BCUT2D eigenvalue weighted by molar-refractivity contribution is 0.0953. The van der Waals surface area contributed by atoms with E-state index in [2.05, 4.69) is 36.5 Å². The maximum absolute atomic E-state index is 12.2. The van der Waals surface area contributed by atoms with Crippen LogP contribution in [0.15, 0.2) is 42.5 Å². The van der Waals surface area contributed by atoms with E-state index in [1.165, 1.54) is 18.2 Å². The minimum absolute atomic E-state index is 0.205. The molecule has 2 aromatic rings. The second-order valence-electron chi connectivity index (χ2n) is 5.11. The van der Waals surface area contributed by atoms with Crippen molar-refractivity contribution in [1.29, 1.82) is 0 Å². The third-order valence-electron chi connectivity index (χ3n) is 3.31. The lowest BCUT2D eigenvalue weighted by Gasteiger charge is -2.10. The second kappa shape index (κ2) is 8.85. The normalized spacial score (nSPS) is 10.4. The Kier molecular flexibility index (Phi) is 6.81. The number of carbonyl (C=O) groups is 1. The summed E-state index contributed by atoms with van der Waals surface area (Å²) < 4.78 is 5.19. The zero-order valence-electron chi connectivity index (χ0n) is 13.3. The minimum Gasteiger partial charge on any atom is -0.496 e. The van der Waals surface area contributed by atoms with E-state index in [1.54, 1.807) is 30.0 Å². The van der Waals surface area contributed by atoms with Crippen molar-refractivity contribution in [2.75, 3.05) is 19.4 Å². The molecule has 2 rings (SSSR count). The fourth-order valence-electron chi connectivity index (χ4n) is 2.21. The molecular weight excluding hydrogens is 330 g/mol. The fraction of sp³-hybridized carbons (Fsp3) is 0.278. The van der Waals surface area contributed by atoms with Gasteiger partial charge in [0.1, 0.15) is 5.75 Å². The van der Waals surface area contributed by atoms with Gasteiger partial charge in [-0.3, -0.25) is 4.79 Å². The van der Waals surface area contributed by atoms with Crippen molar-refractivity contribution in [3.8, 4) is 5.75 Å². The van der Waals surface area contributed by atoms with Gasteiger partial charge in [-0.15, -0.1) is 0 Å². The highest BCUT2D eigenvalue weighted by atomic mass is 35.5. The van der Waals surface area contributed by atoms with E-state index in [0.29, 0.717) is 22.9 Å². The maximum Gasteiger partial charge on any atom is 0.256 e. The molecule has 0 heterocycles. The maximum atomic E-state index is 12.2. The van der Waals surface area contributed by atoms with E-state index >= 15 is 0 Å². The molecule has 0 aliphatic rings. The van der Waals surface area contributed by atoms with Crippen molar-refractivity contribution in [3.05, 3.63) is 64.2 Å². The Morgan fingerprint density at radius 1 is 1.26 bits per heavy atom. The van der Waals surface area contributed by atoms with Crippen LogP contribution in [0.5, 0.6) is 5.75 Å². The van der Waals surface area contributed by atoms with Crippen LogP contribution >= 0.6 is 23.4 Å². The topological polar surface area (TPSA) is 38.3 Å². The minimum atomic E-state index is -0.205. The van der Waals surface area contributed by atoms with Crippen molar-refractivity contribution >= 4 is 29.3 Å². The number of nitrogens with one attached hydrogen (secondary N) is 1. The van der Waals surface area contributed by atoms with E-state index < -0.39 is 0 Å². The lowest BCUT2D eigenvalue weighted by atomic mass is 10.2. The highest BCUT2D eigenvalue weighted by molar-refractivity contribution is 7.98. The van der Waals surface area contributed by atoms with Gasteiger partial charge in [0, 0.05) is 18.1 Å². The van der Waals surface area contributed by atoms with E-state index in [1.807, 2.05) is 0 Å². The van der Waals surface area contributed by atoms with Gasteiger partial charge in [-0.25, -0.2) is 0 Å². The first-order valence-electron chi connectivity index (χ1n) is 7.36. The van der Waals surface area contributed by atoms with Gasteiger partial charge in [0.15, 0.2) is 0 Å². The van der Waals surface area contributed by atoms with Crippen LogP contribution < -0.4 is 10.1 Å². The van der Waals surface area contributed by atoms with Crippen LogP contribution in [-0.2, 0) is 5.75 Å². The fourth-order valence-corrected chi connectivity index (χ4v) is 3.27. The number of hydrogen-bond acceptors (Lipinski definition) is 3. The number of ether oxygens (including phenoxy) is 1. The number of rotatable bonds is 7. The number of thioether (sulfide) groups is 1. The number of amides is 1. The molecule has 0 radical (unpaired) electrons. The summed E-state index contributed by atoms with van der Waals surface area (Å²) in [6.07, 6.45) is 0. The molecule has 3 nitrogen and oxygen atoms in total. The van der Waals surface area contributed by atoms with Crippen molar-refractivity contribution in [3.63, 3.8) is 0 Å². The summed E-state index contributed by atoms with van der Waals surface area (Å²) in [7, 11) is 1.53. The molecule has 1 N–H and O–H groups in total. The quantitative estimate of drug-likeness (QED) is 0.756. The molecule has 0 fully saturated rings. The van der Waals surface area contributed by atoms with Gasteiger partial charge < -0.3 is 10.1 Å². The largest absolute Gasteiger partial charge is 0.496 e. The summed E-state index contributed by atoms with van der Waals surface area (Å²) in [5.74, 6) is 2.06. The Labute approximate surface area is 146 Å². The van der Waals surface area contributed by atoms with E-state index in [0.717, 1.165) is 11.5 Å². The summed E-state index contributed by atoms with van der Waals surface area (Å²) in [5.41, 5.74) is 2.96. The predicted octanol–water partition coefficient (Wildman–Crippen LogP) is 4.32. The van der Waals surface area contributed by atoms with Crippen molar-refractivity contribution in [2.45, 2.75) is 12.7 Å². The van der Waals surface area contributed by atoms with E-state index in [4.69, 9.17) is 16.3 Å². The average molecular weight is 350 g/mol. The summed E-state index contributed by atoms with van der Waals surface area (Å²) in [4.78, 5) is 12.2. The highest BCUT2D eigenvalue weighted by Crippen LogP contribution is 2.25.